The molecule has 3 heterocycles. The van der Waals surface area contributed by atoms with Crippen LogP contribution >= 0.6 is 15.9 Å². The van der Waals surface area contributed by atoms with E-state index in [9.17, 15) is 14.9 Å². The van der Waals surface area contributed by atoms with Crippen molar-refractivity contribution in [1.82, 2.24) is 19.2 Å². The number of nitro groups is 1. The van der Waals surface area contributed by atoms with E-state index in [4.69, 9.17) is 9.47 Å². The first-order chi connectivity index (χ1) is 17.8. The number of methoxy groups -OCH3 is 1. The molecule has 4 aromatic rings. The molecule has 4 rings (SSSR count). The number of carbonyl (C=O) groups excluding carboxylic acids is 1. The van der Waals surface area contributed by atoms with Crippen molar-refractivity contribution in [2.45, 2.75) is 19.8 Å². The first-order valence-electron chi connectivity index (χ1n) is 11.7. The van der Waals surface area contributed by atoms with Gasteiger partial charge in [-0.05, 0) is 37.0 Å². The highest BCUT2D eigenvalue weighted by molar-refractivity contribution is 9.10. The SMILES string of the molecule is COC(=O)c1cc(-c2cnn(C)c2OCCC[C@@H](C)CNc2cc(Br)ccc2[N+](=O)[O-])c2nccn2c1. The number of ether oxygens (including phenoxy) is 2. The summed E-state index contributed by atoms with van der Waals surface area (Å²) in [5.41, 5.74) is 3.04. The van der Waals surface area contributed by atoms with E-state index in [0.29, 0.717) is 41.5 Å². The Morgan fingerprint density at radius 2 is 2.11 bits per heavy atom. The maximum Gasteiger partial charge on any atom is 0.339 e. The van der Waals surface area contributed by atoms with Gasteiger partial charge in [-0.3, -0.25) is 10.1 Å². The van der Waals surface area contributed by atoms with Crippen molar-refractivity contribution >= 4 is 38.9 Å². The van der Waals surface area contributed by atoms with Crippen LogP contribution in [-0.2, 0) is 11.8 Å². The molecule has 0 aliphatic carbocycles. The van der Waals surface area contributed by atoms with Crippen LogP contribution < -0.4 is 10.1 Å². The summed E-state index contributed by atoms with van der Waals surface area (Å²) in [4.78, 5) is 27.5. The lowest BCUT2D eigenvalue weighted by molar-refractivity contribution is -0.384. The van der Waals surface area contributed by atoms with E-state index in [-0.39, 0.29) is 11.6 Å². The molecule has 0 fully saturated rings. The van der Waals surface area contributed by atoms with Gasteiger partial charge in [-0.25, -0.2) is 14.5 Å². The van der Waals surface area contributed by atoms with Gasteiger partial charge < -0.3 is 19.2 Å². The van der Waals surface area contributed by atoms with E-state index in [1.807, 2.05) is 0 Å². The first kappa shape index (κ1) is 26.1. The molecule has 194 valence electrons. The summed E-state index contributed by atoms with van der Waals surface area (Å²) in [5, 5.41) is 18.8. The number of nitrogens with zero attached hydrogens (tertiary/aromatic N) is 5. The molecule has 0 spiro atoms. The summed E-state index contributed by atoms with van der Waals surface area (Å²) in [6.07, 6.45) is 8.42. The third kappa shape index (κ3) is 5.91. The Morgan fingerprint density at radius 1 is 1.30 bits per heavy atom. The summed E-state index contributed by atoms with van der Waals surface area (Å²) in [6.45, 7) is 3.13. The Balaban J connectivity index is 1.39. The standard InChI is InChI=1S/C25H27BrN6O5/c1-16(13-28-21-12-18(26)6-7-22(21)32(34)35)5-4-10-37-24-20(14-29-30(24)2)19-11-17(25(33)36-3)15-31-9-8-27-23(19)31/h6-9,11-12,14-16,28H,4-5,10,13H2,1-3H3/t16-/m1/s1. The second-order valence-corrected chi connectivity index (χ2v) is 9.59. The number of nitrogens with one attached hydrogen (secondary N) is 1. The van der Waals surface area contributed by atoms with E-state index in [1.54, 1.807) is 59.1 Å². The smallest absolute Gasteiger partial charge is 0.339 e. The van der Waals surface area contributed by atoms with E-state index < -0.39 is 10.9 Å². The van der Waals surface area contributed by atoms with Gasteiger partial charge in [0.05, 0.1) is 36.0 Å². The van der Waals surface area contributed by atoms with Crippen LogP contribution in [0.4, 0.5) is 11.4 Å². The molecule has 11 nitrogen and oxygen atoms in total. The number of imidazole rings is 1. The zero-order chi connectivity index (χ0) is 26.5. The Morgan fingerprint density at radius 3 is 2.86 bits per heavy atom. The van der Waals surface area contributed by atoms with Crippen LogP contribution in [0.5, 0.6) is 5.88 Å². The molecule has 0 saturated heterocycles. The minimum atomic E-state index is -0.445. The van der Waals surface area contributed by atoms with Crippen LogP contribution in [-0.4, -0.2) is 50.3 Å². The highest BCUT2D eigenvalue weighted by atomic mass is 79.9. The highest BCUT2D eigenvalue weighted by Gasteiger charge is 2.19. The Labute approximate surface area is 221 Å². The molecule has 37 heavy (non-hydrogen) atoms. The van der Waals surface area contributed by atoms with Crippen LogP contribution in [0, 0.1) is 16.0 Å². The molecule has 0 unspecified atom stereocenters. The first-order valence-corrected chi connectivity index (χ1v) is 12.5. The van der Waals surface area contributed by atoms with Crippen LogP contribution in [0.15, 0.2) is 53.5 Å². The second-order valence-electron chi connectivity index (χ2n) is 8.67. The van der Waals surface area contributed by atoms with Gasteiger partial charge in [0, 0.05) is 48.3 Å². The number of rotatable bonds is 11. The monoisotopic (exact) mass is 570 g/mol. The molecule has 0 aliphatic heterocycles. The average Bonchev–Trinajstić information content (AvgIpc) is 3.50. The predicted molar refractivity (Wildman–Crippen MR) is 142 cm³/mol. The van der Waals surface area contributed by atoms with Crippen molar-refractivity contribution in [3.8, 4) is 17.0 Å². The lowest BCUT2D eigenvalue weighted by Crippen LogP contribution is -2.14. The molecular formula is C25H27BrN6O5. The minimum absolute atomic E-state index is 0.0466. The van der Waals surface area contributed by atoms with Crippen LogP contribution in [0.25, 0.3) is 16.8 Å². The summed E-state index contributed by atoms with van der Waals surface area (Å²) >= 11 is 3.36. The molecule has 0 aliphatic rings. The molecular weight excluding hydrogens is 544 g/mol. The molecule has 0 radical (unpaired) electrons. The molecule has 0 bridgehead atoms. The summed E-state index contributed by atoms with van der Waals surface area (Å²) < 4.78 is 15.2. The van der Waals surface area contributed by atoms with E-state index >= 15 is 0 Å². The summed E-state index contributed by atoms with van der Waals surface area (Å²) in [6, 6.07) is 6.57. The summed E-state index contributed by atoms with van der Waals surface area (Å²) in [5.74, 6) is 0.385. The van der Waals surface area contributed by atoms with Crippen molar-refractivity contribution < 1.29 is 19.2 Å². The number of halogens is 1. The number of fused-ring (bicyclic) bond motifs is 1. The third-order valence-electron chi connectivity index (χ3n) is 5.96. The Kier molecular flexibility index (Phi) is 8.07. The van der Waals surface area contributed by atoms with E-state index in [1.165, 1.54) is 13.2 Å². The molecule has 1 N–H and O–H groups in total. The van der Waals surface area contributed by atoms with E-state index in [0.717, 1.165) is 22.9 Å². The second kappa shape index (κ2) is 11.4. The molecule has 0 saturated carbocycles. The lowest BCUT2D eigenvalue weighted by atomic mass is 10.1. The number of aryl methyl sites for hydroxylation is 1. The number of nitro benzene ring substituents is 1. The number of esters is 1. The lowest BCUT2D eigenvalue weighted by Gasteiger charge is -2.15. The van der Waals surface area contributed by atoms with Gasteiger partial charge >= 0.3 is 5.97 Å². The number of hydrogen-bond donors (Lipinski definition) is 1. The topological polar surface area (TPSA) is 126 Å². The fourth-order valence-corrected chi connectivity index (χ4v) is 4.40. The number of anilines is 1. The Hall–Kier alpha value is -3.93. The predicted octanol–water partition coefficient (Wildman–Crippen LogP) is 5.10. The number of benzene rings is 1. The fourth-order valence-electron chi connectivity index (χ4n) is 4.04. The molecule has 0 amide bonds. The van der Waals surface area contributed by atoms with Gasteiger partial charge in [0.1, 0.15) is 11.3 Å². The number of pyridine rings is 1. The van der Waals surface area contributed by atoms with Gasteiger partial charge in [0.25, 0.3) is 5.69 Å². The molecule has 1 aromatic carbocycles. The van der Waals surface area contributed by atoms with Crippen LogP contribution in [0.3, 0.4) is 0 Å². The van der Waals surface area contributed by atoms with Crippen LogP contribution in [0.2, 0.25) is 0 Å². The fraction of sp³-hybridized carbons (Fsp3) is 0.320. The maximum absolute atomic E-state index is 12.2. The molecule has 12 heteroatoms. The van der Waals surface area contributed by atoms with Gasteiger partial charge in [-0.15, -0.1) is 0 Å². The quantitative estimate of drug-likeness (QED) is 0.114. The number of aromatic nitrogens is 4. The average molecular weight is 571 g/mol. The van der Waals surface area contributed by atoms with Crippen molar-refractivity contribution in [1.29, 1.82) is 0 Å². The molecule has 1 atom stereocenters. The zero-order valence-corrected chi connectivity index (χ0v) is 22.3. The Bertz CT molecular complexity index is 1430. The molecule has 3 aromatic heterocycles. The number of carbonyl (C=O) groups is 1. The van der Waals surface area contributed by atoms with Gasteiger partial charge in [0.15, 0.2) is 0 Å². The van der Waals surface area contributed by atoms with Crippen molar-refractivity contribution in [3.05, 3.63) is 69.2 Å². The zero-order valence-electron chi connectivity index (χ0n) is 20.7. The van der Waals surface area contributed by atoms with Crippen molar-refractivity contribution in [2.75, 3.05) is 25.6 Å². The van der Waals surface area contributed by atoms with Gasteiger partial charge in [-0.1, -0.05) is 22.9 Å². The largest absolute Gasteiger partial charge is 0.477 e. The van der Waals surface area contributed by atoms with Crippen molar-refractivity contribution in [3.63, 3.8) is 0 Å². The minimum Gasteiger partial charge on any atom is -0.477 e. The van der Waals surface area contributed by atoms with E-state index in [2.05, 4.69) is 38.3 Å². The summed E-state index contributed by atoms with van der Waals surface area (Å²) in [7, 11) is 3.14. The maximum atomic E-state index is 12.2. The van der Waals surface area contributed by atoms with Gasteiger partial charge in [-0.2, -0.15) is 5.10 Å². The number of hydrogen-bond acceptors (Lipinski definition) is 8. The highest BCUT2D eigenvalue weighted by Crippen LogP contribution is 2.33. The normalized spacial score (nSPS) is 11.9. The third-order valence-corrected chi connectivity index (χ3v) is 6.45. The van der Waals surface area contributed by atoms with Crippen LogP contribution in [0.1, 0.15) is 30.1 Å². The van der Waals surface area contributed by atoms with Crippen molar-refractivity contribution in [2.24, 2.45) is 13.0 Å². The van der Waals surface area contributed by atoms with Gasteiger partial charge in [0.2, 0.25) is 5.88 Å².